The third kappa shape index (κ3) is 3.88. The van der Waals surface area contributed by atoms with Crippen molar-refractivity contribution < 1.29 is 14.3 Å². The number of fused-ring (bicyclic) bond motifs is 2. The van der Waals surface area contributed by atoms with E-state index in [1.807, 2.05) is 6.07 Å². The lowest BCUT2D eigenvalue weighted by Crippen LogP contribution is -2.23. The molecule has 1 amide bonds. The second-order valence-electron chi connectivity index (χ2n) is 6.65. The number of nitrogens with zero attached hydrogens (tertiary/aromatic N) is 1. The van der Waals surface area contributed by atoms with Crippen molar-refractivity contribution in [3.8, 4) is 6.07 Å². The fourth-order valence-corrected chi connectivity index (χ4v) is 4.12. The molecular weight excluding hydrogens is 328 g/mol. The van der Waals surface area contributed by atoms with Crippen LogP contribution in [0.2, 0.25) is 5.02 Å². The first-order valence-electron chi connectivity index (χ1n) is 8.20. The van der Waals surface area contributed by atoms with E-state index in [0.717, 1.165) is 12.3 Å². The van der Waals surface area contributed by atoms with Crippen molar-refractivity contribution in [2.75, 3.05) is 11.9 Å². The van der Waals surface area contributed by atoms with Crippen LogP contribution in [0, 0.1) is 29.1 Å². The van der Waals surface area contributed by atoms with Crippen LogP contribution in [0.25, 0.3) is 0 Å². The molecule has 0 aliphatic heterocycles. The Morgan fingerprint density at radius 2 is 2.17 bits per heavy atom. The number of hydrogen-bond donors (Lipinski definition) is 1. The molecule has 2 aliphatic rings. The maximum atomic E-state index is 11.9. The SMILES string of the molecule is N#Cc1ccc(Cl)cc1NC(=O)COC(=O)CC1CC2CCC1C2. The number of nitriles is 1. The molecule has 1 aromatic carbocycles. The molecule has 0 spiro atoms. The smallest absolute Gasteiger partial charge is 0.306 e. The molecule has 5 nitrogen and oxygen atoms in total. The molecule has 126 valence electrons. The van der Waals surface area contributed by atoms with Crippen LogP contribution in [0.5, 0.6) is 0 Å². The zero-order valence-corrected chi connectivity index (χ0v) is 14.0. The van der Waals surface area contributed by atoms with Gasteiger partial charge in [0.05, 0.1) is 11.3 Å². The standard InChI is InChI=1S/C18H19ClN2O3/c19-15-4-3-13(9-20)16(8-15)21-17(22)10-24-18(23)7-14-6-11-1-2-12(14)5-11/h3-4,8,11-12,14H,1-2,5-7,10H2,(H,21,22). The lowest BCUT2D eigenvalue weighted by molar-refractivity contribution is -0.148. The molecule has 24 heavy (non-hydrogen) atoms. The van der Waals surface area contributed by atoms with Gasteiger partial charge in [-0.3, -0.25) is 9.59 Å². The van der Waals surface area contributed by atoms with E-state index in [0.29, 0.717) is 34.5 Å². The monoisotopic (exact) mass is 346 g/mol. The minimum Gasteiger partial charge on any atom is -0.456 e. The van der Waals surface area contributed by atoms with Crippen molar-refractivity contribution >= 4 is 29.2 Å². The molecule has 1 aromatic rings. The summed E-state index contributed by atoms with van der Waals surface area (Å²) in [5.74, 6) is 1.05. The van der Waals surface area contributed by atoms with Gasteiger partial charge in [-0.2, -0.15) is 5.26 Å². The summed E-state index contributed by atoms with van der Waals surface area (Å²) >= 11 is 5.86. The highest BCUT2D eigenvalue weighted by molar-refractivity contribution is 6.31. The van der Waals surface area contributed by atoms with Gasteiger partial charge in [0, 0.05) is 11.4 Å². The summed E-state index contributed by atoms with van der Waals surface area (Å²) in [6, 6.07) is 6.57. The lowest BCUT2D eigenvalue weighted by Gasteiger charge is -2.20. The third-order valence-corrected chi connectivity index (χ3v) is 5.29. The first-order valence-corrected chi connectivity index (χ1v) is 8.58. The predicted octanol–water partition coefficient (Wildman–Crippen LogP) is 3.52. The minimum atomic E-state index is -0.477. The van der Waals surface area contributed by atoms with Crippen LogP contribution in [-0.2, 0) is 14.3 Å². The molecule has 2 aliphatic carbocycles. The molecule has 2 bridgehead atoms. The maximum absolute atomic E-state index is 11.9. The Hall–Kier alpha value is -2.06. The summed E-state index contributed by atoms with van der Waals surface area (Å²) in [6.45, 7) is -0.350. The van der Waals surface area contributed by atoms with Crippen LogP contribution in [0.1, 0.15) is 37.7 Å². The van der Waals surface area contributed by atoms with Crippen LogP contribution in [0.4, 0.5) is 5.69 Å². The van der Waals surface area contributed by atoms with Gasteiger partial charge in [-0.05, 0) is 55.2 Å². The van der Waals surface area contributed by atoms with Crippen molar-refractivity contribution in [1.82, 2.24) is 0 Å². The highest BCUT2D eigenvalue weighted by Crippen LogP contribution is 2.49. The van der Waals surface area contributed by atoms with Crippen molar-refractivity contribution in [2.45, 2.75) is 32.1 Å². The van der Waals surface area contributed by atoms with E-state index in [1.54, 1.807) is 6.07 Å². The molecule has 0 heterocycles. The van der Waals surface area contributed by atoms with Crippen LogP contribution in [0.15, 0.2) is 18.2 Å². The van der Waals surface area contributed by atoms with Gasteiger partial charge in [0.15, 0.2) is 6.61 Å². The maximum Gasteiger partial charge on any atom is 0.306 e. The highest BCUT2D eigenvalue weighted by atomic mass is 35.5. The topological polar surface area (TPSA) is 79.2 Å². The van der Waals surface area contributed by atoms with Gasteiger partial charge in [0.1, 0.15) is 6.07 Å². The molecule has 6 heteroatoms. The van der Waals surface area contributed by atoms with E-state index >= 15 is 0 Å². The Labute approximate surface area is 145 Å². The zero-order chi connectivity index (χ0) is 17.1. The molecule has 0 radical (unpaired) electrons. The number of esters is 1. The molecule has 3 rings (SSSR count). The molecule has 1 N–H and O–H groups in total. The summed E-state index contributed by atoms with van der Waals surface area (Å²) in [5, 5.41) is 12.0. The summed E-state index contributed by atoms with van der Waals surface area (Å²) < 4.78 is 5.08. The van der Waals surface area contributed by atoms with Crippen molar-refractivity contribution in [2.24, 2.45) is 17.8 Å². The Morgan fingerprint density at radius 1 is 1.33 bits per heavy atom. The second kappa shape index (κ2) is 7.23. The summed E-state index contributed by atoms with van der Waals surface area (Å²) in [5.41, 5.74) is 0.625. The summed E-state index contributed by atoms with van der Waals surface area (Å²) in [7, 11) is 0. The van der Waals surface area contributed by atoms with E-state index in [9.17, 15) is 9.59 Å². The molecular formula is C18H19ClN2O3. The van der Waals surface area contributed by atoms with Gasteiger partial charge in [-0.15, -0.1) is 0 Å². The Kier molecular flexibility index (Phi) is 5.06. The quantitative estimate of drug-likeness (QED) is 0.827. The second-order valence-corrected chi connectivity index (χ2v) is 7.09. The van der Waals surface area contributed by atoms with E-state index in [4.69, 9.17) is 21.6 Å². The zero-order valence-electron chi connectivity index (χ0n) is 13.3. The number of anilines is 1. The number of carbonyl (C=O) groups is 2. The van der Waals surface area contributed by atoms with Gasteiger partial charge in [-0.25, -0.2) is 0 Å². The third-order valence-electron chi connectivity index (χ3n) is 5.05. The number of hydrogen-bond acceptors (Lipinski definition) is 4. The van der Waals surface area contributed by atoms with Crippen LogP contribution >= 0.6 is 11.6 Å². The molecule has 3 atom stereocenters. The van der Waals surface area contributed by atoms with Gasteiger partial charge in [0.2, 0.25) is 0 Å². The van der Waals surface area contributed by atoms with Crippen LogP contribution in [0.3, 0.4) is 0 Å². The number of amides is 1. The largest absolute Gasteiger partial charge is 0.456 e. The first kappa shape index (κ1) is 16.8. The molecule has 3 unspecified atom stereocenters. The lowest BCUT2D eigenvalue weighted by atomic mass is 9.86. The van der Waals surface area contributed by atoms with E-state index in [1.165, 1.54) is 31.4 Å². The molecule has 0 aromatic heterocycles. The summed E-state index contributed by atoms with van der Waals surface area (Å²) in [4.78, 5) is 23.9. The number of nitrogens with one attached hydrogen (secondary N) is 1. The Bertz CT molecular complexity index is 698. The number of ether oxygens (including phenoxy) is 1. The average Bonchev–Trinajstić information content (AvgIpc) is 3.16. The molecule has 0 saturated heterocycles. The fraction of sp³-hybridized carbons (Fsp3) is 0.500. The van der Waals surface area contributed by atoms with Crippen molar-refractivity contribution in [3.63, 3.8) is 0 Å². The number of halogens is 1. The number of benzene rings is 1. The minimum absolute atomic E-state index is 0.307. The normalized spacial score (nSPS) is 24.4. The summed E-state index contributed by atoms with van der Waals surface area (Å²) in [6.07, 6.45) is 5.26. The first-order chi connectivity index (χ1) is 11.5. The number of rotatable bonds is 5. The highest BCUT2D eigenvalue weighted by Gasteiger charge is 2.40. The molecule has 2 saturated carbocycles. The van der Waals surface area contributed by atoms with E-state index in [-0.39, 0.29) is 12.6 Å². The van der Waals surface area contributed by atoms with Crippen LogP contribution in [-0.4, -0.2) is 18.5 Å². The van der Waals surface area contributed by atoms with Crippen molar-refractivity contribution in [3.05, 3.63) is 28.8 Å². The van der Waals surface area contributed by atoms with Gasteiger partial charge >= 0.3 is 5.97 Å². The van der Waals surface area contributed by atoms with Gasteiger partial charge in [0.25, 0.3) is 5.91 Å². The molecule has 2 fully saturated rings. The fourth-order valence-electron chi connectivity index (χ4n) is 3.95. The predicted molar refractivity (Wildman–Crippen MR) is 89.3 cm³/mol. The Balaban J connectivity index is 1.46. The van der Waals surface area contributed by atoms with Gasteiger partial charge in [-0.1, -0.05) is 18.0 Å². The van der Waals surface area contributed by atoms with Crippen LogP contribution < -0.4 is 5.32 Å². The van der Waals surface area contributed by atoms with E-state index in [2.05, 4.69) is 5.32 Å². The van der Waals surface area contributed by atoms with E-state index < -0.39 is 5.91 Å². The number of carbonyl (C=O) groups excluding carboxylic acids is 2. The Morgan fingerprint density at radius 3 is 2.83 bits per heavy atom. The average molecular weight is 347 g/mol. The van der Waals surface area contributed by atoms with Crippen molar-refractivity contribution in [1.29, 1.82) is 5.26 Å². The van der Waals surface area contributed by atoms with Gasteiger partial charge < -0.3 is 10.1 Å².